The van der Waals surface area contributed by atoms with Crippen LogP contribution in [0.5, 0.6) is 0 Å². The van der Waals surface area contributed by atoms with Crippen LogP contribution in [0.4, 0.5) is 5.69 Å². The van der Waals surface area contributed by atoms with E-state index < -0.39 is 0 Å². The van der Waals surface area contributed by atoms with E-state index in [1.165, 1.54) is 16.5 Å². The maximum absolute atomic E-state index is 6.46. The molecule has 2 unspecified atom stereocenters. The minimum absolute atomic E-state index is 0.0275. The molecule has 0 radical (unpaired) electrons. The lowest BCUT2D eigenvalue weighted by Crippen LogP contribution is -2.21. The van der Waals surface area contributed by atoms with Crippen molar-refractivity contribution in [2.24, 2.45) is 0 Å². The molecule has 1 aliphatic rings. The average Bonchev–Trinajstić information content (AvgIpc) is 3.34. The van der Waals surface area contributed by atoms with Gasteiger partial charge in [-0.3, -0.25) is 0 Å². The van der Waals surface area contributed by atoms with Gasteiger partial charge in [0.2, 0.25) is 0 Å². The van der Waals surface area contributed by atoms with Crippen LogP contribution in [0.2, 0.25) is 0 Å². The third-order valence-corrected chi connectivity index (χ3v) is 5.08. The van der Waals surface area contributed by atoms with E-state index >= 15 is 0 Å². The largest absolute Gasteiger partial charge is 0.319 e. The molecule has 0 aliphatic carbocycles. The van der Waals surface area contributed by atoms with Crippen LogP contribution in [0.25, 0.3) is 10.9 Å². The lowest BCUT2D eigenvalue weighted by molar-refractivity contribution is 0.0378. The fraction of sp³-hybridized carbons (Fsp3) is 0.130. The lowest BCUT2D eigenvalue weighted by Gasteiger charge is -2.25. The number of para-hydroxylation sites is 2. The van der Waals surface area contributed by atoms with Gasteiger partial charge in [0.1, 0.15) is 0 Å². The molecular formula is C23H20N2O. The zero-order valence-corrected chi connectivity index (χ0v) is 14.4. The second-order valence-corrected chi connectivity index (χ2v) is 6.67. The Hall–Kier alpha value is -3.04. The predicted octanol–water partition coefficient (Wildman–Crippen LogP) is 5.72. The fourth-order valence-electron chi connectivity index (χ4n) is 3.82. The highest BCUT2D eigenvalue weighted by Crippen LogP contribution is 2.43. The first-order chi connectivity index (χ1) is 12.9. The first kappa shape index (κ1) is 15.2. The number of hydrogen-bond donors (Lipinski definition) is 0. The molecule has 0 N–H and O–H groups in total. The molecule has 1 fully saturated rings. The number of rotatable bonds is 3. The summed E-state index contributed by atoms with van der Waals surface area (Å²) < 4.78 is 2.24. The zero-order chi connectivity index (χ0) is 17.3. The standard InChI is InChI=1S/C23H20N2O/c1-3-9-18(10-4-1)22-17-23(26-25(22)20-12-5-2-6-13-20)24-16-15-19-11-7-8-14-21(19)24/h1-16,22-23H,17H2. The van der Waals surface area contributed by atoms with Gasteiger partial charge in [-0.05, 0) is 35.2 Å². The summed E-state index contributed by atoms with van der Waals surface area (Å²) in [7, 11) is 0. The third kappa shape index (κ3) is 2.57. The van der Waals surface area contributed by atoms with Crippen molar-refractivity contribution >= 4 is 16.6 Å². The zero-order valence-electron chi connectivity index (χ0n) is 14.4. The molecule has 4 aromatic rings. The van der Waals surface area contributed by atoms with E-state index in [4.69, 9.17) is 4.84 Å². The molecule has 1 saturated heterocycles. The monoisotopic (exact) mass is 340 g/mol. The fourth-order valence-corrected chi connectivity index (χ4v) is 3.82. The molecule has 5 rings (SSSR count). The molecule has 26 heavy (non-hydrogen) atoms. The summed E-state index contributed by atoms with van der Waals surface area (Å²) >= 11 is 0. The number of hydroxylamine groups is 1. The maximum atomic E-state index is 6.46. The van der Waals surface area contributed by atoms with Crippen molar-refractivity contribution in [3.63, 3.8) is 0 Å². The van der Waals surface area contributed by atoms with E-state index in [1.807, 2.05) is 6.07 Å². The van der Waals surface area contributed by atoms with Crippen LogP contribution >= 0.6 is 0 Å². The van der Waals surface area contributed by atoms with E-state index in [-0.39, 0.29) is 12.3 Å². The first-order valence-electron chi connectivity index (χ1n) is 9.02. The van der Waals surface area contributed by atoms with E-state index in [0.717, 1.165) is 12.1 Å². The molecule has 0 amide bonds. The van der Waals surface area contributed by atoms with Crippen molar-refractivity contribution < 1.29 is 4.84 Å². The smallest absolute Gasteiger partial charge is 0.163 e. The summed E-state index contributed by atoms with van der Waals surface area (Å²) in [5.74, 6) is 0. The molecular weight excluding hydrogens is 320 g/mol. The van der Waals surface area contributed by atoms with Crippen LogP contribution in [-0.2, 0) is 4.84 Å². The molecule has 2 heterocycles. The van der Waals surface area contributed by atoms with Gasteiger partial charge in [0.05, 0.1) is 17.2 Å². The molecule has 128 valence electrons. The number of aromatic nitrogens is 1. The van der Waals surface area contributed by atoms with Crippen molar-refractivity contribution in [3.05, 3.63) is 103 Å². The number of fused-ring (bicyclic) bond motifs is 1. The van der Waals surface area contributed by atoms with Crippen molar-refractivity contribution in [2.45, 2.75) is 18.7 Å². The lowest BCUT2D eigenvalue weighted by atomic mass is 10.0. The summed E-state index contributed by atoms with van der Waals surface area (Å²) in [5.41, 5.74) is 3.56. The second-order valence-electron chi connectivity index (χ2n) is 6.67. The number of benzene rings is 3. The molecule has 2 atom stereocenters. The molecule has 1 aliphatic heterocycles. The van der Waals surface area contributed by atoms with Gasteiger partial charge in [-0.15, -0.1) is 0 Å². The van der Waals surface area contributed by atoms with Crippen LogP contribution in [0, 0.1) is 0 Å². The Morgan fingerprint density at radius 3 is 2.23 bits per heavy atom. The van der Waals surface area contributed by atoms with Gasteiger partial charge in [0, 0.05) is 12.6 Å². The number of anilines is 1. The van der Waals surface area contributed by atoms with Crippen molar-refractivity contribution in [3.8, 4) is 0 Å². The minimum Gasteiger partial charge on any atom is -0.319 e. The highest BCUT2D eigenvalue weighted by Gasteiger charge is 2.36. The van der Waals surface area contributed by atoms with Gasteiger partial charge in [-0.1, -0.05) is 66.7 Å². The van der Waals surface area contributed by atoms with Gasteiger partial charge < -0.3 is 4.57 Å². The predicted molar refractivity (Wildman–Crippen MR) is 105 cm³/mol. The summed E-state index contributed by atoms with van der Waals surface area (Å²) in [5, 5.41) is 3.31. The Bertz CT molecular complexity index is 963. The van der Waals surface area contributed by atoms with Crippen LogP contribution in [0.1, 0.15) is 24.3 Å². The number of nitrogens with zero attached hydrogens (tertiary/aromatic N) is 2. The van der Waals surface area contributed by atoms with Gasteiger partial charge in [-0.2, -0.15) is 0 Å². The molecule has 1 aromatic heterocycles. The Labute approximate surface area is 153 Å². The molecule has 3 aromatic carbocycles. The maximum Gasteiger partial charge on any atom is 0.163 e. The Morgan fingerprint density at radius 1 is 0.731 bits per heavy atom. The van der Waals surface area contributed by atoms with E-state index in [1.54, 1.807) is 0 Å². The average molecular weight is 340 g/mol. The van der Waals surface area contributed by atoms with Gasteiger partial charge >= 0.3 is 0 Å². The third-order valence-electron chi connectivity index (χ3n) is 5.08. The van der Waals surface area contributed by atoms with E-state index in [9.17, 15) is 0 Å². The molecule has 3 nitrogen and oxygen atoms in total. The summed E-state index contributed by atoms with van der Waals surface area (Å²) in [6, 6.07) is 31.8. The quantitative estimate of drug-likeness (QED) is 0.474. The van der Waals surface area contributed by atoms with Gasteiger partial charge in [0.15, 0.2) is 6.23 Å². The molecule has 0 saturated carbocycles. The number of hydrogen-bond acceptors (Lipinski definition) is 2. The van der Waals surface area contributed by atoms with Crippen LogP contribution in [0.3, 0.4) is 0 Å². The Morgan fingerprint density at radius 2 is 1.42 bits per heavy atom. The van der Waals surface area contributed by atoms with Crippen molar-refractivity contribution in [1.29, 1.82) is 0 Å². The van der Waals surface area contributed by atoms with Gasteiger partial charge in [0.25, 0.3) is 0 Å². The Kier molecular flexibility index (Phi) is 3.72. The topological polar surface area (TPSA) is 17.4 Å². The van der Waals surface area contributed by atoms with Gasteiger partial charge in [-0.25, -0.2) is 9.90 Å². The van der Waals surface area contributed by atoms with Crippen LogP contribution in [-0.4, -0.2) is 4.57 Å². The highest BCUT2D eigenvalue weighted by atomic mass is 16.7. The minimum atomic E-state index is -0.0275. The van der Waals surface area contributed by atoms with Crippen molar-refractivity contribution in [2.75, 3.05) is 5.06 Å². The molecule has 0 bridgehead atoms. The summed E-state index contributed by atoms with van der Waals surface area (Å²) in [4.78, 5) is 6.46. The van der Waals surface area contributed by atoms with E-state index in [2.05, 4.69) is 101 Å². The molecule has 0 spiro atoms. The molecule has 3 heteroatoms. The van der Waals surface area contributed by atoms with Crippen molar-refractivity contribution in [1.82, 2.24) is 4.57 Å². The Balaban J connectivity index is 1.56. The SMILES string of the molecule is c1ccc(C2CC(n3ccc4ccccc43)ON2c2ccccc2)cc1. The second kappa shape index (κ2) is 6.36. The summed E-state index contributed by atoms with van der Waals surface area (Å²) in [6.07, 6.45) is 3.00. The van der Waals surface area contributed by atoms with E-state index in [0.29, 0.717) is 0 Å². The first-order valence-corrected chi connectivity index (χ1v) is 9.02. The van der Waals surface area contributed by atoms with Crippen LogP contribution in [0.15, 0.2) is 97.2 Å². The normalized spacial score (nSPS) is 19.9. The summed E-state index contributed by atoms with van der Waals surface area (Å²) in [6.45, 7) is 0. The highest BCUT2D eigenvalue weighted by molar-refractivity contribution is 5.80. The van der Waals surface area contributed by atoms with Crippen LogP contribution < -0.4 is 5.06 Å².